The van der Waals surface area contributed by atoms with Gasteiger partial charge in [-0.1, -0.05) is 5.21 Å². The summed E-state index contributed by atoms with van der Waals surface area (Å²) in [5.41, 5.74) is 2.43. The standard InChI is InChI=1S/C6H5N2O2/c9-7-5-1-2-6(8-10)4-3-5/h1-4,7H. The van der Waals surface area contributed by atoms with Crippen molar-refractivity contribution in [2.24, 2.45) is 5.18 Å². The fourth-order valence-electron chi connectivity index (χ4n) is 0.590. The highest BCUT2D eigenvalue weighted by Crippen LogP contribution is 2.14. The molecule has 0 aliphatic rings. The van der Waals surface area contributed by atoms with Crippen LogP contribution in [0.5, 0.6) is 0 Å². The number of hydrogen-bond acceptors (Lipinski definition) is 3. The van der Waals surface area contributed by atoms with E-state index in [1.807, 2.05) is 0 Å². The zero-order valence-electron chi connectivity index (χ0n) is 5.07. The summed E-state index contributed by atoms with van der Waals surface area (Å²) in [6.45, 7) is 0. The molecule has 1 aromatic carbocycles. The average molecular weight is 137 g/mol. The van der Waals surface area contributed by atoms with Crippen LogP contribution in [-0.2, 0) is 5.21 Å². The predicted octanol–water partition coefficient (Wildman–Crippen LogP) is 1.84. The fourth-order valence-corrected chi connectivity index (χ4v) is 0.590. The van der Waals surface area contributed by atoms with E-state index in [-0.39, 0.29) is 0 Å². The number of nitroso groups, excluding NO2 is 1. The molecule has 0 heterocycles. The number of nitrogens with zero attached hydrogens (tertiary/aromatic N) is 1. The largest absolute Gasteiger partial charge is 0.233 e. The Labute approximate surface area is 57.4 Å². The minimum atomic E-state index is 0.319. The third kappa shape index (κ3) is 1.29. The van der Waals surface area contributed by atoms with Crippen LogP contribution in [0.15, 0.2) is 29.4 Å². The van der Waals surface area contributed by atoms with Gasteiger partial charge in [0.2, 0.25) is 0 Å². The van der Waals surface area contributed by atoms with E-state index >= 15 is 0 Å². The van der Waals surface area contributed by atoms with Gasteiger partial charge in [-0.2, -0.15) is 0 Å². The van der Waals surface area contributed by atoms with Crippen LogP contribution in [0.25, 0.3) is 0 Å². The van der Waals surface area contributed by atoms with Crippen LogP contribution in [0.3, 0.4) is 0 Å². The van der Waals surface area contributed by atoms with E-state index in [1.54, 1.807) is 5.48 Å². The highest BCUT2D eigenvalue weighted by atomic mass is 16.5. The van der Waals surface area contributed by atoms with Crippen LogP contribution < -0.4 is 5.48 Å². The van der Waals surface area contributed by atoms with Crippen LogP contribution in [0.1, 0.15) is 0 Å². The summed E-state index contributed by atoms with van der Waals surface area (Å²) < 4.78 is 0. The molecule has 1 aromatic rings. The quantitative estimate of drug-likeness (QED) is 0.499. The normalized spacial score (nSPS) is 8.90. The van der Waals surface area contributed by atoms with E-state index in [1.165, 1.54) is 24.3 Å². The van der Waals surface area contributed by atoms with Gasteiger partial charge >= 0.3 is 0 Å². The van der Waals surface area contributed by atoms with Crippen molar-refractivity contribution >= 4 is 11.4 Å². The Kier molecular flexibility index (Phi) is 1.96. The molecule has 0 aromatic heterocycles. The zero-order chi connectivity index (χ0) is 7.40. The van der Waals surface area contributed by atoms with Crippen molar-refractivity contribution < 1.29 is 5.21 Å². The van der Waals surface area contributed by atoms with Gasteiger partial charge in [0.1, 0.15) is 5.69 Å². The lowest BCUT2D eigenvalue weighted by molar-refractivity contribution is 0.274. The van der Waals surface area contributed by atoms with Crippen LogP contribution in [0.4, 0.5) is 11.4 Å². The van der Waals surface area contributed by atoms with E-state index < -0.39 is 0 Å². The smallest absolute Gasteiger partial charge is 0.108 e. The summed E-state index contributed by atoms with van der Waals surface area (Å²) in [5, 5.41) is 12.6. The van der Waals surface area contributed by atoms with Gasteiger partial charge in [-0.3, -0.25) is 0 Å². The SMILES string of the molecule is [O]Nc1ccc(N=O)cc1. The summed E-state index contributed by atoms with van der Waals surface area (Å²) in [4.78, 5) is 9.86. The van der Waals surface area contributed by atoms with Gasteiger partial charge in [-0.15, -0.1) is 4.91 Å². The van der Waals surface area contributed by atoms with Crippen LogP contribution >= 0.6 is 0 Å². The maximum absolute atomic E-state index is 9.97. The molecule has 0 spiro atoms. The Hall–Kier alpha value is -1.42. The van der Waals surface area contributed by atoms with Crippen molar-refractivity contribution in [2.45, 2.75) is 0 Å². The highest BCUT2D eigenvalue weighted by Gasteiger charge is 1.90. The van der Waals surface area contributed by atoms with Crippen LogP contribution in [0, 0.1) is 4.91 Å². The zero-order valence-corrected chi connectivity index (χ0v) is 5.07. The summed E-state index contributed by atoms with van der Waals surface area (Å²) in [6, 6.07) is 5.91. The molecule has 0 amide bonds. The fraction of sp³-hybridized carbons (Fsp3) is 0. The molecule has 1 rings (SSSR count). The lowest BCUT2D eigenvalue weighted by Crippen LogP contribution is -1.83. The second kappa shape index (κ2) is 2.93. The lowest BCUT2D eigenvalue weighted by atomic mass is 10.3. The summed E-state index contributed by atoms with van der Waals surface area (Å²) >= 11 is 0. The van der Waals surface area contributed by atoms with Crippen molar-refractivity contribution in [3.63, 3.8) is 0 Å². The second-order valence-corrected chi connectivity index (χ2v) is 1.74. The molecule has 0 saturated carbocycles. The number of rotatable bonds is 2. The monoisotopic (exact) mass is 137 g/mol. The topological polar surface area (TPSA) is 61.4 Å². The van der Waals surface area contributed by atoms with Crippen LogP contribution in [0.2, 0.25) is 0 Å². The first-order chi connectivity index (χ1) is 4.86. The van der Waals surface area contributed by atoms with Gasteiger partial charge in [-0.05, 0) is 29.4 Å². The van der Waals surface area contributed by atoms with Gasteiger partial charge in [0.25, 0.3) is 0 Å². The van der Waals surface area contributed by atoms with Crippen molar-refractivity contribution in [1.29, 1.82) is 0 Å². The first kappa shape index (κ1) is 6.70. The number of nitrogens with one attached hydrogen (secondary N) is 1. The Morgan fingerprint density at radius 3 is 2.20 bits per heavy atom. The first-order valence-electron chi connectivity index (χ1n) is 2.68. The molecule has 0 saturated heterocycles. The van der Waals surface area contributed by atoms with Gasteiger partial charge < -0.3 is 0 Å². The van der Waals surface area contributed by atoms with Crippen molar-refractivity contribution in [2.75, 3.05) is 5.48 Å². The summed E-state index contributed by atoms with van der Waals surface area (Å²) in [5.74, 6) is 0. The lowest BCUT2D eigenvalue weighted by Gasteiger charge is -1.92. The molecule has 1 radical (unpaired) electrons. The molecule has 51 valence electrons. The minimum absolute atomic E-state index is 0.319. The molecule has 0 bridgehead atoms. The van der Waals surface area contributed by atoms with Gasteiger partial charge in [0, 0.05) is 0 Å². The molecular formula is C6H5N2O2. The molecule has 0 unspecified atom stereocenters. The Morgan fingerprint density at radius 2 is 1.80 bits per heavy atom. The van der Waals surface area contributed by atoms with Crippen LogP contribution in [-0.4, -0.2) is 0 Å². The minimum Gasteiger partial charge on any atom is -0.233 e. The molecule has 0 atom stereocenters. The predicted molar refractivity (Wildman–Crippen MR) is 36.2 cm³/mol. The van der Waals surface area contributed by atoms with Crippen molar-refractivity contribution in [3.8, 4) is 0 Å². The third-order valence-corrected chi connectivity index (χ3v) is 1.09. The average Bonchev–Trinajstić information content (AvgIpc) is 2.05. The maximum Gasteiger partial charge on any atom is 0.108 e. The summed E-state index contributed by atoms with van der Waals surface area (Å²) in [7, 11) is 0. The molecule has 0 aliphatic heterocycles. The Morgan fingerprint density at radius 1 is 1.20 bits per heavy atom. The molecule has 4 nitrogen and oxygen atoms in total. The van der Waals surface area contributed by atoms with Gasteiger partial charge in [0.05, 0.1) is 5.69 Å². The first-order valence-corrected chi connectivity index (χ1v) is 2.68. The number of hydrogen-bond donors (Lipinski definition) is 1. The van der Waals surface area contributed by atoms with E-state index in [0.717, 1.165) is 0 Å². The van der Waals surface area contributed by atoms with E-state index in [4.69, 9.17) is 0 Å². The third-order valence-electron chi connectivity index (χ3n) is 1.09. The maximum atomic E-state index is 9.97. The van der Waals surface area contributed by atoms with E-state index in [9.17, 15) is 10.1 Å². The molecule has 1 N–H and O–H groups in total. The Bertz CT molecular complexity index is 220. The van der Waals surface area contributed by atoms with E-state index in [2.05, 4.69) is 5.18 Å². The molecule has 0 fully saturated rings. The molecule has 0 aliphatic carbocycles. The molecule has 10 heavy (non-hydrogen) atoms. The number of benzene rings is 1. The van der Waals surface area contributed by atoms with Crippen molar-refractivity contribution in [3.05, 3.63) is 29.2 Å². The second-order valence-electron chi connectivity index (χ2n) is 1.74. The molecule has 4 heteroatoms. The van der Waals surface area contributed by atoms with Crippen molar-refractivity contribution in [1.82, 2.24) is 0 Å². The van der Waals surface area contributed by atoms with Gasteiger partial charge in [-0.25, -0.2) is 5.48 Å². The number of anilines is 1. The highest BCUT2D eigenvalue weighted by molar-refractivity contribution is 5.49. The van der Waals surface area contributed by atoms with Gasteiger partial charge in [0.15, 0.2) is 0 Å². The summed E-state index contributed by atoms with van der Waals surface area (Å²) in [6.07, 6.45) is 0. The molecular weight excluding hydrogens is 132 g/mol. The Balaban J connectivity index is 2.90. The van der Waals surface area contributed by atoms with E-state index in [0.29, 0.717) is 11.4 Å².